The van der Waals surface area contributed by atoms with Crippen molar-refractivity contribution in [3.63, 3.8) is 0 Å². The monoisotopic (exact) mass is 292 g/mol. The normalized spacial score (nSPS) is 19.5. The van der Waals surface area contributed by atoms with Gasteiger partial charge in [-0.2, -0.15) is 5.10 Å². The molecule has 6 heteroatoms. The molecule has 0 unspecified atom stereocenters. The lowest BCUT2D eigenvalue weighted by Crippen LogP contribution is -2.23. The first-order valence-corrected chi connectivity index (χ1v) is 7.14. The molecular weight excluding hydrogens is 274 g/mol. The van der Waals surface area contributed by atoms with Crippen molar-refractivity contribution in [1.29, 1.82) is 0 Å². The molecule has 112 valence electrons. The highest BCUT2D eigenvalue weighted by Crippen LogP contribution is 2.27. The Morgan fingerprint density at radius 3 is 2.81 bits per heavy atom. The van der Waals surface area contributed by atoms with Gasteiger partial charge in [-0.05, 0) is 24.4 Å². The smallest absolute Gasteiger partial charge is 0.257 e. The minimum atomic E-state index is -2.40. The highest BCUT2D eigenvalue weighted by Gasteiger charge is 2.25. The van der Waals surface area contributed by atoms with Gasteiger partial charge in [0.15, 0.2) is 0 Å². The summed E-state index contributed by atoms with van der Waals surface area (Å²) in [7, 11) is 0. The van der Waals surface area contributed by atoms with Crippen molar-refractivity contribution in [3.05, 3.63) is 48.0 Å². The van der Waals surface area contributed by atoms with E-state index < -0.39 is 6.43 Å². The van der Waals surface area contributed by atoms with E-state index >= 15 is 0 Å². The fourth-order valence-corrected chi connectivity index (χ4v) is 2.87. The van der Waals surface area contributed by atoms with Gasteiger partial charge in [-0.15, -0.1) is 0 Å². The molecule has 4 nitrogen and oxygen atoms in total. The summed E-state index contributed by atoms with van der Waals surface area (Å²) in [5.41, 5.74) is 1.34. The Kier molecular flexibility index (Phi) is 4.24. The summed E-state index contributed by atoms with van der Waals surface area (Å²) in [5.74, 6) is 1.13. The van der Waals surface area contributed by atoms with Crippen LogP contribution in [0.25, 0.3) is 0 Å². The van der Waals surface area contributed by atoms with Crippen LogP contribution in [-0.4, -0.2) is 39.2 Å². The summed E-state index contributed by atoms with van der Waals surface area (Å²) >= 11 is 0. The topological polar surface area (TPSA) is 34.0 Å². The van der Waals surface area contributed by atoms with E-state index in [0.717, 1.165) is 19.5 Å². The average Bonchev–Trinajstić information content (AvgIpc) is 3.10. The number of halogens is 2. The zero-order valence-corrected chi connectivity index (χ0v) is 11.7. The molecule has 1 aromatic heterocycles. The van der Waals surface area contributed by atoms with Crippen LogP contribution in [0.5, 0.6) is 0 Å². The van der Waals surface area contributed by atoms with Crippen molar-refractivity contribution in [3.8, 4) is 0 Å². The predicted molar refractivity (Wildman–Crippen MR) is 75.1 cm³/mol. The van der Waals surface area contributed by atoms with Gasteiger partial charge >= 0.3 is 0 Å². The van der Waals surface area contributed by atoms with Crippen LogP contribution in [0.4, 0.5) is 8.78 Å². The van der Waals surface area contributed by atoms with Crippen LogP contribution in [-0.2, 0) is 13.1 Å². The van der Waals surface area contributed by atoms with Crippen LogP contribution in [0, 0.1) is 0 Å². The van der Waals surface area contributed by atoms with E-state index in [1.165, 1.54) is 16.6 Å². The molecule has 1 aliphatic heterocycles. The van der Waals surface area contributed by atoms with E-state index in [1.807, 2.05) is 6.07 Å². The number of hydrogen-bond donors (Lipinski definition) is 0. The number of aromatic nitrogens is 3. The Morgan fingerprint density at radius 2 is 2.05 bits per heavy atom. The van der Waals surface area contributed by atoms with E-state index in [0.29, 0.717) is 18.3 Å². The van der Waals surface area contributed by atoms with Gasteiger partial charge in [-0.25, -0.2) is 18.4 Å². The molecule has 21 heavy (non-hydrogen) atoms. The highest BCUT2D eigenvalue weighted by atomic mass is 19.3. The van der Waals surface area contributed by atoms with E-state index in [4.69, 9.17) is 0 Å². The molecule has 2 heterocycles. The lowest BCUT2D eigenvalue weighted by Gasteiger charge is -2.16. The summed E-state index contributed by atoms with van der Waals surface area (Å²) in [6.45, 7) is 2.09. The van der Waals surface area contributed by atoms with Gasteiger partial charge in [0, 0.05) is 6.54 Å². The number of alkyl halides is 2. The summed E-state index contributed by atoms with van der Waals surface area (Å²) < 4.78 is 26.3. The summed E-state index contributed by atoms with van der Waals surface area (Å²) in [6, 6.07) is 10.4. The van der Waals surface area contributed by atoms with E-state index in [1.54, 1.807) is 0 Å². The van der Waals surface area contributed by atoms with Crippen LogP contribution in [0.15, 0.2) is 36.7 Å². The molecule has 0 saturated carbocycles. The van der Waals surface area contributed by atoms with Crippen LogP contribution >= 0.6 is 0 Å². The second kappa shape index (κ2) is 6.30. The molecule has 0 amide bonds. The van der Waals surface area contributed by atoms with Gasteiger partial charge in [-0.3, -0.25) is 4.90 Å². The maximum absolute atomic E-state index is 12.5. The largest absolute Gasteiger partial charge is 0.295 e. The summed E-state index contributed by atoms with van der Waals surface area (Å²) in [5, 5.41) is 3.87. The molecular formula is C15H18F2N4. The molecule has 1 aromatic carbocycles. The molecule has 0 spiro atoms. The molecule has 0 N–H and O–H groups in total. The zero-order valence-electron chi connectivity index (χ0n) is 11.7. The predicted octanol–water partition coefficient (Wildman–Crippen LogP) is 2.53. The molecule has 1 atom stereocenters. The Labute approximate surface area is 122 Å². The van der Waals surface area contributed by atoms with Gasteiger partial charge < -0.3 is 0 Å². The standard InChI is InChI=1S/C15H18F2N4/c16-14(17)9-21-15(18-11-19-21)10-20-7-6-13(8-20)12-4-2-1-3-5-12/h1-5,11,13-14H,6-10H2/t13-/m1/s1. The first kappa shape index (κ1) is 14.1. The van der Waals surface area contributed by atoms with Crippen LogP contribution in [0.2, 0.25) is 0 Å². The lowest BCUT2D eigenvalue weighted by molar-refractivity contribution is 0.119. The van der Waals surface area contributed by atoms with Crippen molar-refractivity contribution < 1.29 is 8.78 Å². The number of nitrogens with zero attached hydrogens (tertiary/aromatic N) is 4. The van der Waals surface area contributed by atoms with Crippen LogP contribution in [0.1, 0.15) is 23.7 Å². The quantitative estimate of drug-likeness (QED) is 0.849. The Morgan fingerprint density at radius 1 is 1.24 bits per heavy atom. The minimum Gasteiger partial charge on any atom is -0.295 e. The van der Waals surface area contributed by atoms with Crippen LogP contribution in [0.3, 0.4) is 0 Å². The van der Waals surface area contributed by atoms with Crippen molar-refractivity contribution >= 4 is 0 Å². The third-order valence-electron chi connectivity index (χ3n) is 3.92. The second-order valence-corrected chi connectivity index (χ2v) is 5.38. The third kappa shape index (κ3) is 3.44. The molecule has 3 rings (SSSR count). The molecule has 0 radical (unpaired) electrons. The molecule has 0 aliphatic carbocycles. The summed E-state index contributed by atoms with van der Waals surface area (Å²) in [6.07, 6.45) is 0.0382. The van der Waals surface area contributed by atoms with Gasteiger partial charge in [0.25, 0.3) is 6.43 Å². The van der Waals surface area contributed by atoms with Crippen molar-refractivity contribution in [2.24, 2.45) is 0 Å². The lowest BCUT2D eigenvalue weighted by atomic mass is 9.99. The van der Waals surface area contributed by atoms with E-state index in [-0.39, 0.29) is 6.54 Å². The fourth-order valence-electron chi connectivity index (χ4n) is 2.87. The number of likely N-dealkylation sites (tertiary alicyclic amines) is 1. The van der Waals surface area contributed by atoms with Gasteiger partial charge in [0.1, 0.15) is 18.7 Å². The summed E-state index contributed by atoms with van der Waals surface area (Å²) in [4.78, 5) is 6.36. The molecule has 2 aromatic rings. The van der Waals surface area contributed by atoms with Gasteiger partial charge in [-0.1, -0.05) is 30.3 Å². The maximum Gasteiger partial charge on any atom is 0.257 e. The van der Waals surface area contributed by atoms with Crippen LogP contribution < -0.4 is 0 Å². The maximum atomic E-state index is 12.5. The number of hydrogen-bond acceptors (Lipinski definition) is 3. The first-order valence-electron chi connectivity index (χ1n) is 7.14. The zero-order chi connectivity index (χ0) is 14.7. The molecule has 1 fully saturated rings. The first-order chi connectivity index (χ1) is 10.2. The molecule has 1 aliphatic rings. The van der Waals surface area contributed by atoms with Crippen molar-refractivity contribution in [2.45, 2.75) is 31.9 Å². The fraction of sp³-hybridized carbons (Fsp3) is 0.467. The SMILES string of the molecule is FC(F)Cn1ncnc1CN1CC[C@@H](c2ccccc2)C1. The Balaban J connectivity index is 1.61. The van der Waals surface area contributed by atoms with E-state index in [2.05, 4.69) is 39.2 Å². The Hall–Kier alpha value is -1.82. The van der Waals surface area contributed by atoms with Gasteiger partial charge in [0.2, 0.25) is 0 Å². The van der Waals surface area contributed by atoms with Gasteiger partial charge in [0.05, 0.1) is 6.54 Å². The third-order valence-corrected chi connectivity index (χ3v) is 3.92. The average molecular weight is 292 g/mol. The minimum absolute atomic E-state index is 0.384. The van der Waals surface area contributed by atoms with Crippen molar-refractivity contribution in [1.82, 2.24) is 19.7 Å². The van der Waals surface area contributed by atoms with Crippen molar-refractivity contribution in [2.75, 3.05) is 13.1 Å². The molecule has 1 saturated heterocycles. The highest BCUT2D eigenvalue weighted by molar-refractivity contribution is 5.21. The molecule has 0 bridgehead atoms. The Bertz CT molecular complexity index is 570. The number of benzene rings is 1. The number of rotatable bonds is 5. The van der Waals surface area contributed by atoms with E-state index in [9.17, 15) is 8.78 Å². The second-order valence-electron chi connectivity index (χ2n) is 5.38.